The molecule has 1 saturated heterocycles. The van der Waals surface area contributed by atoms with Gasteiger partial charge in [-0.15, -0.1) is 0 Å². The van der Waals surface area contributed by atoms with Crippen LogP contribution in [0.15, 0.2) is 0 Å². The van der Waals surface area contributed by atoms with E-state index in [1.165, 1.54) is 0 Å². The molecule has 0 aliphatic carbocycles. The molecule has 1 aliphatic heterocycles. The van der Waals surface area contributed by atoms with Gasteiger partial charge in [0.2, 0.25) is 5.91 Å². The van der Waals surface area contributed by atoms with Crippen LogP contribution in [0.1, 0.15) is 12.8 Å². The fourth-order valence-electron chi connectivity index (χ4n) is 1.37. The van der Waals surface area contributed by atoms with Gasteiger partial charge in [-0.05, 0) is 6.42 Å². The Labute approximate surface area is 78.1 Å². The van der Waals surface area contributed by atoms with Crippen molar-refractivity contribution in [3.63, 3.8) is 0 Å². The molecule has 0 aromatic heterocycles. The zero-order chi connectivity index (χ0) is 9.68. The van der Waals surface area contributed by atoms with Gasteiger partial charge < -0.3 is 9.64 Å². The average molecular weight is 182 g/mol. The molecular formula is C9H14N2O2. The molecule has 1 heterocycles. The van der Waals surface area contributed by atoms with Crippen LogP contribution in [0.4, 0.5) is 0 Å². The third-order valence-corrected chi connectivity index (χ3v) is 2.21. The van der Waals surface area contributed by atoms with Crippen LogP contribution in [0.25, 0.3) is 0 Å². The van der Waals surface area contributed by atoms with Crippen molar-refractivity contribution in [2.75, 3.05) is 26.8 Å². The van der Waals surface area contributed by atoms with Gasteiger partial charge in [0.15, 0.2) is 0 Å². The lowest BCUT2D eigenvalue weighted by Crippen LogP contribution is -2.33. The van der Waals surface area contributed by atoms with E-state index in [0.29, 0.717) is 26.2 Å². The number of hydrogen-bond donors (Lipinski definition) is 0. The van der Waals surface area contributed by atoms with Gasteiger partial charge in [-0.2, -0.15) is 5.26 Å². The summed E-state index contributed by atoms with van der Waals surface area (Å²) >= 11 is 0. The molecule has 1 rings (SSSR count). The van der Waals surface area contributed by atoms with Crippen LogP contribution in [-0.2, 0) is 9.53 Å². The minimum atomic E-state index is 0.0173. The van der Waals surface area contributed by atoms with Crippen molar-refractivity contribution < 1.29 is 9.53 Å². The van der Waals surface area contributed by atoms with Gasteiger partial charge in [0.25, 0.3) is 0 Å². The Balaban J connectivity index is 2.33. The molecule has 1 unspecified atom stereocenters. The Morgan fingerprint density at radius 3 is 3.08 bits per heavy atom. The Morgan fingerprint density at radius 1 is 1.77 bits per heavy atom. The maximum Gasteiger partial charge on any atom is 0.227 e. The molecule has 13 heavy (non-hydrogen) atoms. The van der Waals surface area contributed by atoms with Gasteiger partial charge in [0, 0.05) is 20.2 Å². The molecule has 4 heteroatoms. The first kappa shape index (κ1) is 10.0. The summed E-state index contributed by atoms with van der Waals surface area (Å²) in [6, 6.07) is 2.02. The van der Waals surface area contributed by atoms with E-state index in [4.69, 9.17) is 10.00 Å². The summed E-state index contributed by atoms with van der Waals surface area (Å²) in [5.74, 6) is 0.122. The molecule has 0 aromatic carbocycles. The van der Waals surface area contributed by atoms with E-state index in [-0.39, 0.29) is 11.8 Å². The number of rotatable bonds is 3. The molecule has 0 spiro atoms. The first-order valence-electron chi connectivity index (χ1n) is 4.45. The highest BCUT2D eigenvalue weighted by atomic mass is 16.5. The van der Waals surface area contributed by atoms with Gasteiger partial charge in [0.1, 0.15) is 0 Å². The van der Waals surface area contributed by atoms with Crippen LogP contribution in [-0.4, -0.2) is 37.6 Å². The van der Waals surface area contributed by atoms with Gasteiger partial charge in [0.05, 0.1) is 25.0 Å². The highest BCUT2D eigenvalue weighted by Crippen LogP contribution is 2.14. The second-order valence-electron chi connectivity index (χ2n) is 3.23. The monoisotopic (exact) mass is 182 g/mol. The smallest absolute Gasteiger partial charge is 0.227 e. The van der Waals surface area contributed by atoms with Gasteiger partial charge >= 0.3 is 0 Å². The summed E-state index contributed by atoms with van der Waals surface area (Å²) < 4.78 is 5.12. The topological polar surface area (TPSA) is 53.3 Å². The average Bonchev–Trinajstić information content (AvgIpc) is 2.65. The van der Waals surface area contributed by atoms with Crippen LogP contribution in [0.3, 0.4) is 0 Å². The number of carbonyl (C=O) groups excluding carboxylic acids is 1. The third-order valence-electron chi connectivity index (χ3n) is 2.21. The van der Waals surface area contributed by atoms with E-state index in [1.807, 2.05) is 6.07 Å². The second-order valence-corrected chi connectivity index (χ2v) is 3.23. The van der Waals surface area contributed by atoms with Gasteiger partial charge in [-0.1, -0.05) is 0 Å². The molecule has 0 aromatic rings. The highest BCUT2D eigenvalue weighted by Gasteiger charge is 2.25. The van der Waals surface area contributed by atoms with Crippen molar-refractivity contribution in [3.8, 4) is 6.07 Å². The number of carbonyl (C=O) groups is 1. The summed E-state index contributed by atoms with van der Waals surface area (Å²) in [6.45, 7) is 1.74. The van der Waals surface area contributed by atoms with E-state index in [0.717, 1.165) is 6.42 Å². The van der Waals surface area contributed by atoms with E-state index in [9.17, 15) is 4.79 Å². The molecule has 4 nitrogen and oxygen atoms in total. The zero-order valence-corrected chi connectivity index (χ0v) is 7.82. The molecule has 1 amide bonds. The number of hydrogen-bond acceptors (Lipinski definition) is 3. The maximum atomic E-state index is 11.6. The Kier molecular flexibility index (Phi) is 3.71. The summed E-state index contributed by atoms with van der Waals surface area (Å²) in [5, 5.41) is 8.35. The molecule has 1 fully saturated rings. The number of amides is 1. The maximum absolute atomic E-state index is 11.6. The molecule has 1 aliphatic rings. The Morgan fingerprint density at radius 2 is 2.54 bits per heavy atom. The molecule has 0 saturated carbocycles. The summed E-state index contributed by atoms with van der Waals surface area (Å²) in [7, 11) is 1.73. The lowest BCUT2D eigenvalue weighted by molar-refractivity contribution is -0.134. The van der Waals surface area contributed by atoms with E-state index >= 15 is 0 Å². The third kappa shape index (κ3) is 2.71. The predicted molar refractivity (Wildman–Crippen MR) is 46.8 cm³/mol. The molecule has 0 radical (unpaired) electrons. The van der Waals surface area contributed by atoms with E-state index in [1.54, 1.807) is 11.9 Å². The van der Waals surface area contributed by atoms with Crippen molar-refractivity contribution in [3.05, 3.63) is 0 Å². The minimum Gasteiger partial charge on any atom is -0.381 e. The standard InChI is InChI=1S/C9H14N2O2/c1-11(5-2-4-10)9(12)8-3-6-13-7-8/h8H,2-3,5-7H2,1H3. The molecule has 72 valence electrons. The van der Waals surface area contributed by atoms with Crippen LogP contribution in [0, 0.1) is 17.2 Å². The second kappa shape index (κ2) is 4.83. The van der Waals surface area contributed by atoms with Crippen molar-refractivity contribution >= 4 is 5.91 Å². The zero-order valence-electron chi connectivity index (χ0n) is 7.82. The lowest BCUT2D eigenvalue weighted by Gasteiger charge is -2.18. The first-order valence-corrected chi connectivity index (χ1v) is 4.45. The summed E-state index contributed by atoms with van der Waals surface area (Å²) in [4.78, 5) is 13.2. The molecule has 1 atom stereocenters. The quantitative estimate of drug-likeness (QED) is 0.634. The molecule has 0 N–H and O–H groups in total. The van der Waals surface area contributed by atoms with Crippen LogP contribution < -0.4 is 0 Å². The van der Waals surface area contributed by atoms with Gasteiger partial charge in [-0.25, -0.2) is 0 Å². The fourth-order valence-corrected chi connectivity index (χ4v) is 1.37. The highest BCUT2D eigenvalue weighted by molar-refractivity contribution is 5.78. The summed E-state index contributed by atoms with van der Waals surface area (Å²) in [5.41, 5.74) is 0. The SMILES string of the molecule is CN(CCC#N)C(=O)C1CCOC1. The number of ether oxygens (including phenoxy) is 1. The van der Waals surface area contributed by atoms with Crippen molar-refractivity contribution in [2.24, 2.45) is 5.92 Å². The Bertz CT molecular complexity index is 216. The van der Waals surface area contributed by atoms with Crippen molar-refractivity contribution in [1.29, 1.82) is 5.26 Å². The number of nitrogens with zero attached hydrogens (tertiary/aromatic N) is 2. The normalized spacial score (nSPS) is 21.1. The minimum absolute atomic E-state index is 0.0173. The fraction of sp³-hybridized carbons (Fsp3) is 0.778. The van der Waals surface area contributed by atoms with Crippen LogP contribution in [0.2, 0.25) is 0 Å². The summed E-state index contributed by atoms with van der Waals surface area (Å²) in [6.07, 6.45) is 1.21. The van der Waals surface area contributed by atoms with Gasteiger partial charge in [-0.3, -0.25) is 4.79 Å². The van der Waals surface area contributed by atoms with Crippen LogP contribution >= 0.6 is 0 Å². The first-order chi connectivity index (χ1) is 6.25. The van der Waals surface area contributed by atoms with Crippen LogP contribution in [0.5, 0.6) is 0 Å². The molecular weight excluding hydrogens is 168 g/mol. The molecule has 0 bridgehead atoms. The largest absolute Gasteiger partial charge is 0.381 e. The lowest BCUT2D eigenvalue weighted by atomic mass is 10.1. The van der Waals surface area contributed by atoms with Crippen molar-refractivity contribution in [1.82, 2.24) is 4.90 Å². The number of nitriles is 1. The Hall–Kier alpha value is -1.08. The van der Waals surface area contributed by atoms with Crippen molar-refractivity contribution in [2.45, 2.75) is 12.8 Å². The predicted octanol–water partition coefficient (Wildman–Crippen LogP) is 0.395. The van der Waals surface area contributed by atoms with E-state index in [2.05, 4.69) is 0 Å². The van der Waals surface area contributed by atoms with E-state index < -0.39 is 0 Å².